The lowest BCUT2D eigenvalue weighted by Crippen LogP contribution is -2.46. The van der Waals surface area contributed by atoms with Crippen LogP contribution in [0.3, 0.4) is 0 Å². The highest BCUT2D eigenvalue weighted by Crippen LogP contribution is 2.43. The molecule has 1 fully saturated rings. The van der Waals surface area contributed by atoms with Gasteiger partial charge in [0.25, 0.3) is 0 Å². The fourth-order valence-corrected chi connectivity index (χ4v) is 4.15. The first-order valence-electron chi connectivity index (χ1n) is 9.12. The van der Waals surface area contributed by atoms with Crippen LogP contribution in [-0.4, -0.2) is 38.5 Å². The van der Waals surface area contributed by atoms with E-state index in [4.69, 9.17) is 4.74 Å². The fourth-order valence-electron chi connectivity index (χ4n) is 4.15. The van der Waals surface area contributed by atoms with Crippen molar-refractivity contribution >= 4 is 5.69 Å². The number of hydrogen-bond donors (Lipinski definition) is 1. The van der Waals surface area contributed by atoms with Crippen molar-refractivity contribution in [2.24, 2.45) is 0 Å². The molecule has 0 radical (unpaired) electrons. The molecule has 4 rings (SSSR count). The van der Waals surface area contributed by atoms with Crippen molar-refractivity contribution in [1.82, 2.24) is 5.32 Å². The summed E-state index contributed by atoms with van der Waals surface area (Å²) in [4.78, 5) is 2.28. The second-order valence-electron chi connectivity index (χ2n) is 7.10. The number of ether oxygens (including phenoxy) is 1. The molecule has 3 unspecified atom stereocenters. The van der Waals surface area contributed by atoms with Gasteiger partial charge in [-0.25, -0.2) is 4.39 Å². The Hall–Kier alpha value is -2.07. The van der Waals surface area contributed by atoms with E-state index in [1.165, 1.54) is 16.8 Å². The molecule has 0 aliphatic carbocycles. The molecule has 2 aliphatic heterocycles. The van der Waals surface area contributed by atoms with Crippen LogP contribution in [-0.2, 0) is 0 Å². The van der Waals surface area contributed by atoms with Crippen LogP contribution in [0, 0.1) is 6.92 Å². The molecule has 0 bridgehead atoms. The first kappa shape index (κ1) is 16.4. The zero-order valence-corrected chi connectivity index (χ0v) is 14.6. The first-order chi connectivity index (χ1) is 12.2. The number of anilines is 1. The number of para-hydroxylation sites is 1. The van der Waals surface area contributed by atoms with Crippen LogP contribution in [0.25, 0.3) is 0 Å². The Morgan fingerprint density at radius 3 is 2.92 bits per heavy atom. The monoisotopic (exact) mass is 340 g/mol. The van der Waals surface area contributed by atoms with Gasteiger partial charge in [-0.2, -0.15) is 0 Å². The SMILES string of the molecule is Cc1ccc2c(c1)C1CNCCC1N2CC(F)COc1ccccc1. The molecule has 0 aromatic heterocycles. The van der Waals surface area contributed by atoms with E-state index >= 15 is 0 Å². The van der Waals surface area contributed by atoms with Gasteiger partial charge in [0.1, 0.15) is 12.4 Å². The average Bonchev–Trinajstić information content (AvgIpc) is 2.94. The van der Waals surface area contributed by atoms with Gasteiger partial charge in [0, 0.05) is 24.2 Å². The number of nitrogens with zero attached hydrogens (tertiary/aromatic N) is 1. The number of aryl methyl sites for hydroxylation is 1. The summed E-state index contributed by atoms with van der Waals surface area (Å²) in [5.74, 6) is 1.19. The summed E-state index contributed by atoms with van der Waals surface area (Å²) in [6, 6.07) is 16.4. The van der Waals surface area contributed by atoms with Gasteiger partial charge in [0.05, 0.1) is 6.54 Å². The van der Waals surface area contributed by atoms with Crippen LogP contribution >= 0.6 is 0 Å². The van der Waals surface area contributed by atoms with E-state index in [2.05, 4.69) is 35.3 Å². The van der Waals surface area contributed by atoms with Gasteiger partial charge in [-0.15, -0.1) is 0 Å². The Bertz CT molecular complexity index is 721. The van der Waals surface area contributed by atoms with Crippen LogP contribution in [0.1, 0.15) is 23.5 Å². The molecule has 1 saturated heterocycles. The third kappa shape index (κ3) is 3.36. The second-order valence-corrected chi connectivity index (χ2v) is 7.10. The van der Waals surface area contributed by atoms with E-state index in [0.29, 0.717) is 18.5 Å². The molecule has 2 aliphatic rings. The van der Waals surface area contributed by atoms with Gasteiger partial charge in [-0.3, -0.25) is 0 Å². The number of benzene rings is 2. The molecule has 0 saturated carbocycles. The van der Waals surface area contributed by atoms with E-state index in [-0.39, 0.29) is 6.61 Å². The van der Waals surface area contributed by atoms with Gasteiger partial charge in [-0.1, -0.05) is 35.9 Å². The summed E-state index contributed by atoms with van der Waals surface area (Å²) >= 11 is 0. The number of rotatable bonds is 5. The predicted octanol–water partition coefficient (Wildman–Crippen LogP) is 3.68. The number of piperidine rings is 1. The third-order valence-corrected chi connectivity index (χ3v) is 5.31. The van der Waals surface area contributed by atoms with Gasteiger partial charge in [-0.05, 0) is 43.7 Å². The Morgan fingerprint density at radius 2 is 2.08 bits per heavy atom. The van der Waals surface area contributed by atoms with E-state index in [1.54, 1.807) is 0 Å². The maximum absolute atomic E-state index is 14.7. The second kappa shape index (κ2) is 7.04. The van der Waals surface area contributed by atoms with Crippen molar-refractivity contribution in [1.29, 1.82) is 0 Å². The molecule has 0 amide bonds. The Morgan fingerprint density at radius 1 is 1.24 bits per heavy atom. The lowest BCUT2D eigenvalue weighted by atomic mass is 9.89. The largest absolute Gasteiger partial charge is 0.490 e. The molecule has 2 aromatic rings. The number of alkyl halides is 1. The first-order valence-corrected chi connectivity index (χ1v) is 9.12. The van der Waals surface area contributed by atoms with Gasteiger partial charge >= 0.3 is 0 Å². The summed E-state index contributed by atoms with van der Waals surface area (Å²) < 4.78 is 20.3. The minimum absolute atomic E-state index is 0.0946. The summed E-state index contributed by atoms with van der Waals surface area (Å²) in [5.41, 5.74) is 3.84. The lowest BCUT2D eigenvalue weighted by molar-refractivity contribution is 0.195. The smallest absolute Gasteiger partial charge is 0.151 e. The lowest BCUT2D eigenvalue weighted by Gasteiger charge is -2.34. The summed E-state index contributed by atoms with van der Waals surface area (Å²) in [7, 11) is 0. The summed E-state index contributed by atoms with van der Waals surface area (Å²) in [5, 5.41) is 3.49. The Labute approximate surface area is 148 Å². The highest BCUT2D eigenvalue weighted by Gasteiger charge is 2.40. The normalized spacial score (nSPS) is 23.0. The summed E-state index contributed by atoms with van der Waals surface area (Å²) in [6.07, 6.45) is 0.0491. The maximum Gasteiger partial charge on any atom is 0.151 e. The van der Waals surface area contributed by atoms with Crippen molar-refractivity contribution in [3.63, 3.8) is 0 Å². The molecule has 25 heavy (non-hydrogen) atoms. The molecular weight excluding hydrogens is 315 g/mol. The average molecular weight is 340 g/mol. The van der Waals surface area contributed by atoms with Crippen molar-refractivity contribution in [3.8, 4) is 5.75 Å². The zero-order valence-electron chi connectivity index (χ0n) is 14.6. The van der Waals surface area contributed by atoms with Gasteiger partial charge < -0.3 is 15.0 Å². The van der Waals surface area contributed by atoms with Crippen molar-refractivity contribution in [3.05, 3.63) is 59.7 Å². The Balaban J connectivity index is 1.47. The molecule has 3 atom stereocenters. The molecule has 2 aromatic carbocycles. The van der Waals surface area contributed by atoms with E-state index in [9.17, 15) is 4.39 Å². The summed E-state index contributed by atoms with van der Waals surface area (Å²) in [6.45, 7) is 4.60. The molecule has 2 heterocycles. The van der Waals surface area contributed by atoms with Gasteiger partial charge in [0.2, 0.25) is 0 Å². The molecular formula is C21H25FN2O. The number of fused-ring (bicyclic) bond motifs is 3. The predicted molar refractivity (Wildman–Crippen MR) is 99.4 cm³/mol. The van der Waals surface area contributed by atoms with Crippen LogP contribution in [0.15, 0.2) is 48.5 Å². The minimum Gasteiger partial charge on any atom is -0.490 e. The Kier molecular flexibility index (Phi) is 4.62. The highest BCUT2D eigenvalue weighted by atomic mass is 19.1. The number of halogens is 1. The van der Waals surface area contributed by atoms with E-state index in [0.717, 1.165) is 25.3 Å². The topological polar surface area (TPSA) is 24.5 Å². The fraction of sp³-hybridized carbons (Fsp3) is 0.429. The van der Waals surface area contributed by atoms with Crippen molar-refractivity contribution in [2.45, 2.75) is 31.5 Å². The molecule has 132 valence electrons. The third-order valence-electron chi connectivity index (χ3n) is 5.31. The number of hydrogen-bond acceptors (Lipinski definition) is 3. The molecule has 3 nitrogen and oxygen atoms in total. The quantitative estimate of drug-likeness (QED) is 0.899. The van der Waals surface area contributed by atoms with Crippen LogP contribution in [0.5, 0.6) is 5.75 Å². The van der Waals surface area contributed by atoms with Crippen LogP contribution < -0.4 is 15.0 Å². The van der Waals surface area contributed by atoms with Crippen molar-refractivity contribution in [2.75, 3.05) is 31.1 Å². The minimum atomic E-state index is -1.01. The van der Waals surface area contributed by atoms with Crippen LogP contribution in [0.4, 0.5) is 10.1 Å². The highest BCUT2D eigenvalue weighted by molar-refractivity contribution is 5.63. The zero-order chi connectivity index (χ0) is 17.2. The number of nitrogens with one attached hydrogen (secondary N) is 1. The van der Waals surface area contributed by atoms with Gasteiger partial charge in [0.15, 0.2) is 6.17 Å². The van der Waals surface area contributed by atoms with Crippen molar-refractivity contribution < 1.29 is 9.13 Å². The molecule has 4 heteroatoms. The standard InChI is InChI=1S/C21H25FN2O/c1-15-7-8-20-18(11-15)19-12-23-10-9-21(19)24(20)13-16(22)14-25-17-5-3-2-4-6-17/h2-8,11,16,19,21,23H,9-10,12-14H2,1H3. The van der Waals surface area contributed by atoms with E-state index in [1.807, 2.05) is 30.3 Å². The van der Waals surface area contributed by atoms with E-state index < -0.39 is 6.17 Å². The molecule has 0 spiro atoms. The maximum atomic E-state index is 14.7. The molecule has 1 N–H and O–H groups in total. The van der Waals surface area contributed by atoms with Crippen LogP contribution in [0.2, 0.25) is 0 Å².